The van der Waals surface area contributed by atoms with Crippen molar-refractivity contribution in [3.05, 3.63) is 82.9 Å². The van der Waals surface area contributed by atoms with E-state index in [1.807, 2.05) is 19.9 Å². The molecule has 0 spiro atoms. The highest BCUT2D eigenvalue weighted by atomic mass is 32.2. The molecule has 32 heavy (non-hydrogen) atoms. The first-order valence-corrected chi connectivity index (χ1v) is 11.4. The van der Waals surface area contributed by atoms with Gasteiger partial charge in [0.05, 0.1) is 10.6 Å². The Hall–Kier alpha value is -3.65. The number of hydrogen-bond acceptors (Lipinski definition) is 4. The fraction of sp³-hybridized carbons (Fsp3) is 0.167. The van der Waals surface area contributed by atoms with E-state index in [1.165, 1.54) is 13.0 Å². The molecule has 0 atom stereocenters. The summed E-state index contributed by atoms with van der Waals surface area (Å²) in [4.78, 5) is 24.0. The molecule has 3 rings (SSSR count). The molecular formula is C24H25N3O4S. The Morgan fingerprint density at radius 2 is 1.44 bits per heavy atom. The number of rotatable bonds is 6. The number of benzene rings is 3. The Bertz CT molecular complexity index is 1300. The molecule has 0 bridgehead atoms. The Kier molecular flexibility index (Phi) is 6.64. The van der Waals surface area contributed by atoms with Gasteiger partial charge in [-0.25, -0.2) is 8.42 Å². The van der Waals surface area contributed by atoms with Crippen LogP contribution in [0.4, 0.5) is 17.1 Å². The minimum absolute atomic E-state index is 0.0260. The van der Waals surface area contributed by atoms with E-state index in [0.717, 1.165) is 11.1 Å². The fourth-order valence-corrected chi connectivity index (χ4v) is 4.57. The zero-order valence-corrected chi connectivity index (χ0v) is 19.1. The molecule has 0 saturated carbocycles. The van der Waals surface area contributed by atoms with Crippen molar-refractivity contribution in [3.63, 3.8) is 0 Å². The molecule has 166 valence electrons. The summed E-state index contributed by atoms with van der Waals surface area (Å²) in [5.74, 6) is -0.689. The summed E-state index contributed by atoms with van der Waals surface area (Å²) in [6.45, 7) is 6.82. The third kappa shape index (κ3) is 5.33. The lowest BCUT2D eigenvalue weighted by Crippen LogP contribution is -2.18. The maximum Gasteiger partial charge on any atom is 0.262 e. The number of carbonyl (C=O) groups excluding carboxylic acids is 2. The van der Waals surface area contributed by atoms with E-state index < -0.39 is 15.9 Å². The van der Waals surface area contributed by atoms with Crippen LogP contribution in [0.3, 0.4) is 0 Å². The highest BCUT2D eigenvalue weighted by Gasteiger charge is 2.20. The summed E-state index contributed by atoms with van der Waals surface area (Å²) < 4.78 is 28.8. The van der Waals surface area contributed by atoms with Gasteiger partial charge in [-0.15, -0.1) is 0 Å². The van der Waals surface area contributed by atoms with Gasteiger partial charge in [-0.2, -0.15) is 0 Å². The van der Waals surface area contributed by atoms with Crippen LogP contribution in [0.25, 0.3) is 0 Å². The molecule has 0 saturated heterocycles. The molecule has 3 aromatic rings. The zero-order valence-electron chi connectivity index (χ0n) is 18.3. The molecule has 3 N–H and O–H groups in total. The van der Waals surface area contributed by atoms with Gasteiger partial charge in [-0.3, -0.25) is 14.3 Å². The van der Waals surface area contributed by atoms with E-state index in [4.69, 9.17) is 0 Å². The van der Waals surface area contributed by atoms with Crippen LogP contribution in [0.5, 0.6) is 0 Å². The number of nitrogens with one attached hydrogen (secondary N) is 3. The predicted octanol–water partition coefficient (Wildman–Crippen LogP) is 4.62. The minimum Gasteiger partial charge on any atom is -0.326 e. The van der Waals surface area contributed by atoms with E-state index in [-0.39, 0.29) is 16.4 Å². The number of hydrogen-bond donors (Lipinski definition) is 3. The van der Waals surface area contributed by atoms with E-state index >= 15 is 0 Å². The molecule has 0 fully saturated rings. The average molecular weight is 452 g/mol. The predicted molar refractivity (Wildman–Crippen MR) is 127 cm³/mol. The van der Waals surface area contributed by atoms with Crippen LogP contribution in [-0.4, -0.2) is 20.2 Å². The zero-order chi connectivity index (χ0) is 23.5. The summed E-state index contributed by atoms with van der Waals surface area (Å²) >= 11 is 0. The number of anilines is 3. The lowest BCUT2D eigenvalue weighted by atomic mass is 10.1. The third-order valence-corrected chi connectivity index (χ3v) is 6.54. The van der Waals surface area contributed by atoms with Gasteiger partial charge in [0, 0.05) is 23.9 Å². The van der Waals surface area contributed by atoms with E-state index in [1.54, 1.807) is 55.5 Å². The van der Waals surface area contributed by atoms with Gasteiger partial charge in [-0.05, 0) is 73.9 Å². The van der Waals surface area contributed by atoms with Crippen molar-refractivity contribution in [2.45, 2.75) is 32.6 Å². The molecule has 0 radical (unpaired) electrons. The van der Waals surface area contributed by atoms with Crippen LogP contribution in [0.2, 0.25) is 0 Å². The molecule has 3 aromatic carbocycles. The average Bonchev–Trinajstić information content (AvgIpc) is 2.71. The van der Waals surface area contributed by atoms with Gasteiger partial charge in [0.25, 0.3) is 15.9 Å². The highest BCUT2D eigenvalue weighted by molar-refractivity contribution is 7.92. The summed E-state index contributed by atoms with van der Waals surface area (Å²) in [5.41, 5.74) is 4.03. The number of carbonyl (C=O) groups is 2. The first-order chi connectivity index (χ1) is 15.1. The van der Waals surface area contributed by atoms with Crippen LogP contribution < -0.4 is 15.4 Å². The van der Waals surface area contributed by atoms with Crippen molar-refractivity contribution in [2.75, 3.05) is 15.4 Å². The summed E-state index contributed by atoms with van der Waals surface area (Å²) in [7, 11) is -3.91. The number of aryl methyl sites for hydroxylation is 2. The molecule has 2 amide bonds. The van der Waals surface area contributed by atoms with Crippen molar-refractivity contribution in [1.29, 1.82) is 0 Å². The van der Waals surface area contributed by atoms with Crippen LogP contribution in [0.15, 0.2) is 65.6 Å². The molecule has 0 aliphatic rings. The van der Waals surface area contributed by atoms with Crippen molar-refractivity contribution < 1.29 is 18.0 Å². The quantitative estimate of drug-likeness (QED) is 0.508. The van der Waals surface area contributed by atoms with Crippen molar-refractivity contribution in [3.8, 4) is 0 Å². The first-order valence-electron chi connectivity index (χ1n) is 9.95. The molecular weight excluding hydrogens is 426 g/mol. The Morgan fingerprint density at radius 3 is 2.12 bits per heavy atom. The first kappa shape index (κ1) is 23.0. The second kappa shape index (κ2) is 9.23. The lowest BCUT2D eigenvalue weighted by molar-refractivity contribution is -0.114. The van der Waals surface area contributed by atoms with Gasteiger partial charge in [-0.1, -0.05) is 24.3 Å². The molecule has 8 heteroatoms. The van der Waals surface area contributed by atoms with Gasteiger partial charge >= 0.3 is 0 Å². The summed E-state index contributed by atoms with van der Waals surface area (Å²) in [6.07, 6.45) is 0. The fourth-order valence-electron chi connectivity index (χ4n) is 3.17. The molecule has 0 heterocycles. The molecule has 0 aromatic heterocycles. The van der Waals surface area contributed by atoms with Gasteiger partial charge < -0.3 is 10.6 Å². The topological polar surface area (TPSA) is 104 Å². The van der Waals surface area contributed by atoms with Gasteiger partial charge in [0.1, 0.15) is 0 Å². The normalized spacial score (nSPS) is 11.0. The second-order valence-corrected chi connectivity index (χ2v) is 9.20. The van der Waals surface area contributed by atoms with Crippen LogP contribution >= 0.6 is 0 Å². The van der Waals surface area contributed by atoms with Crippen molar-refractivity contribution >= 4 is 38.9 Å². The Labute approximate surface area is 187 Å². The van der Waals surface area contributed by atoms with Crippen molar-refractivity contribution in [2.24, 2.45) is 0 Å². The third-order valence-electron chi connectivity index (χ3n) is 5.03. The summed E-state index contributed by atoms with van der Waals surface area (Å²) in [6, 6.07) is 16.6. The molecule has 0 aliphatic carbocycles. The maximum atomic E-state index is 13.1. The largest absolute Gasteiger partial charge is 0.326 e. The maximum absolute atomic E-state index is 13.1. The Morgan fingerprint density at radius 1 is 0.781 bits per heavy atom. The second-order valence-electron chi connectivity index (χ2n) is 7.55. The van der Waals surface area contributed by atoms with E-state index in [0.29, 0.717) is 22.6 Å². The molecule has 0 unspecified atom stereocenters. The SMILES string of the molecule is CC(=O)Nc1cccc(NC(=O)c2ccc(C)c(S(=O)(=O)Nc3cccc(C)c3C)c2)c1. The minimum atomic E-state index is -3.91. The summed E-state index contributed by atoms with van der Waals surface area (Å²) in [5, 5.41) is 5.38. The molecule has 7 nitrogen and oxygen atoms in total. The smallest absolute Gasteiger partial charge is 0.262 e. The number of sulfonamides is 1. The van der Waals surface area contributed by atoms with E-state index in [2.05, 4.69) is 15.4 Å². The van der Waals surface area contributed by atoms with Crippen LogP contribution in [-0.2, 0) is 14.8 Å². The molecule has 0 aliphatic heterocycles. The Balaban J connectivity index is 1.87. The monoisotopic (exact) mass is 451 g/mol. The van der Waals surface area contributed by atoms with Gasteiger partial charge in [0.2, 0.25) is 5.91 Å². The van der Waals surface area contributed by atoms with Gasteiger partial charge in [0.15, 0.2) is 0 Å². The number of amides is 2. The van der Waals surface area contributed by atoms with E-state index in [9.17, 15) is 18.0 Å². The standard InChI is InChI=1S/C24H25N3O4S/c1-15-7-5-10-22(17(15)3)27-32(30,31)23-13-19(12-11-16(23)2)24(29)26-21-9-6-8-20(14-21)25-18(4)28/h5-14,27H,1-4H3,(H,25,28)(H,26,29). The highest BCUT2D eigenvalue weighted by Crippen LogP contribution is 2.25. The van der Waals surface area contributed by atoms with Crippen LogP contribution in [0, 0.1) is 20.8 Å². The van der Waals surface area contributed by atoms with Crippen LogP contribution in [0.1, 0.15) is 34.0 Å². The lowest BCUT2D eigenvalue weighted by Gasteiger charge is -2.15. The van der Waals surface area contributed by atoms with Crippen molar-refractivity contribution in [1.82, 2.24) is 0 Å².